The Morgan fingerprint density at radius 3 is 1.91 bits per heavy atom. The predicted molar refractivity (Wildman–Crippen MR) is 223 cm³/mol. The molecule has 9 heteroatoms. The summed E-state index contributed by atoms with van der Waals surface area (Å²) in [4.78, 5) is 10.0. The van der Waals surface area contributed by atoms with Crippen molar-refractivity contribution in [2.45, 2.75) is 43.4 Å². The fourth-order valence-corrected chi connectivity index (χ4v) is 7.67. The van der Waals surface area contributed by atoms with E-state index in [0.29, 0.717) is 35.4 Å². The summed E-state index contributed by atoms with van der Waals surface area (Å²) >= 11 is 1.61. The van der Waals surface area contributed by atoms with Crippen LogP contribution in [0.15, 0.2) is 157 Å². The molecule has 0 saturated carbocycles. The largest absolute Gasteiger partial charge is 0.494 e. The third-order valence-corrected chi connectivity index (χ3v) is 10.3. The van der Waals surface area contributed by atoms with Gasteiger partial charge in [0.05, 0.1) is 19.3 Å². The number of benzene rings is 6. The second-order valence-corrected chi connectivity index (χ2v) is 14.2. The summed E-state index contributed by atoms with van der Waals surface area (Å²) in [7, 11) is 0. The molecule has 1 aromatic heterocycles. The molecule has 280 valence electrons. The van der Waals surface area contributed by atoms with Crippen LogP contribution >= 0.6 is 11.8 Å². The van der Waals surface area contributed by atoms with Crippen LogP contribution < -0.4 is 14.8 Å². The van der Waals surface area contributed by atoms with Crippen molar-refractivity contribution in [2.24, 2.45) is 0 Å². The molecule has 6 aromatic carbocycles. The van der Waals surface area contributed by atoms with Crippen molar-refractivity contribution in [1.82, 2.24) is 14.8 Å². The molecule has 7 rings (SSSR count). The molecular formula is C47H42FN5O2S. The van der Waals surface area contributed by atoms with Crippen LogP contribution in [0.5, 0.6) is 11.5 Å². The molecule has 0 amide bonds. The summed E-state index contributed by atoms with van der Waals surface area (Å²) in [6, 6.07) is 48.2. The lowest BCUT2D eigenvalue weighted by atomic mass is 9.77. The molecule has 7 aromatic rings. The molecule has 0 saturated heterocycles. The first-order valence-corrected chi connectivity index (χ1v) is 19.7. The van der Waals surface area contributed by atoms with Crippen molar-refractivity contribution >= 4 is 23.1 Å². The van der Waals surface area contributed by atoms with E-state index in [-0.39, 0.29) is 17.4 Å². The van der Waals surface area contributed by atoms with Gasteiger partial charge >= 0.3 is 0 Å². The maximum Gasteiger partial charge on any atom is 0.187 e. The zero-order chi connectivity index (χ0) is 39.1. The Labute approximate surface area is 332 Å². The van der Waals surface area contributed by atoms with Gasteiger partial charge in [-0.1, -0.05) is 115 Å². The van der Waals surface area contributed by atoms with Crippen molar-refractivity contribution in [3.8, 4) is 22.9 Å². The fraction of sp³-hybridized carbons (Fsp3) is 0.170. The van der Waals surface area contributed by atoms with Gasteiger partial charge in [0.2, 0.25) is 0 Å². The van der Waals surface area contributed by atoms with Crippen molar-refractivity contribution < 1.29 is 13.9 Å². The molecule has 56 heavy (non-hydrogen) atoms. The van der Waals surface area contributed by atoms with Crippen LogP contribution in [0.25, 0.3) is 16.2 Å². The minimum atomic E-state index is -1.10. The number of halogens is 1. The summed E-state index contributed by atoms with van der Waals surface area (Å²) in [6.07, 6.45) is 1.73. The number of ether oxygens (including phenoxy) is 2. The lowest BCUT2D eigenvalue weighted by Crippen LogP contribution is -2.41. The van der Waals surface area contributed by atoms with Crippen molar-refractivity contribution in [3.63, 3.8) is 0 Å². The zero-order valence-electron chi connectivity index (χ0n) is 31.7. The summed E-state index contributed by atoms with van der Waals surface area (Å²) < 4.78 is 31.4. The minimum absolute atomic E-state index is 0.0653. The van der Waals surface area contributed by atoms with Gasteiger partial charge < -0.3 is 14.8 Å². The number of nitrogens with zero attached hydrogens (tertiary/aromatic N) is 4. The summed E-state index contributed by atoms with van der Waals surface area (Å²) in [5.41, 5.74) is 3.93. The first kappa shape index (κ1) is 37.9. The Bertz CT molecular complexity index is 2340. The Morgan fingerprint density at radius 1 is 0.804 bits per heavy atom. The van der Waals surface area contributed by atoms with E-state index in [4.69, 9.17) is 26.1 Å². The fourth-order valence-electron chi connectivity index (χ4n) is 7.08. The van der Waals surface area contributed by atoms with Gasteiger partial charge in [-0.3, -0.25) is 0 Å². The maximum absolute atomic E-state index is 17.3. The number of thioether (sulfide) groups is 1. The third-order valence-electron chi connectivity index (χ3n) is 9.46. The smallest absolute Gasteiger partial charge is 0.187 e. The molecule has 7 nitrogen and oxygen atoms in total. The molecule has 0 fully saturated rings. The van der Waals surface area contributed by atoms with Gasteiger partial charge in [-0.05, 0) is 74.0 Å². The SMILES string of the molecule is [C-]#[N+]c1ccc(NC(c2cc(OCC)cc(OC(C)C)c2F)c2nc(-c3ccccc3SC)nn2C(c2ccccc2)(c2ccccc2)c2ccccc2)cc1. The molecule has 0 spiro atoms. The third kappa shape index (κ3) is 7.48. The molecule has 1 unspecified atom stereocenters. The van der Waals surface area contributed by atoms with E-state index in [9.17, 15) is 0 Å². The normalized spacial score (nSPS) is 11.9. The van der Waals surface area contributed by atoms with E-state index < -0.39 is 17.4 Å². The van der Waals surface area contributed by atoms with Crippen LogP contribution in [0.2, 0.25) is 0 Å². The van der Waals surface area contributed by atoms with E-state index >= 15 is 4.39 Å². The lowest BCUT2D eigenvalue weighted by molar-refractivity contribution is 0.228. The quantitative estimate of drug-likeness (QED) is 0.0677. The van der Waals surface area contributed by atoms with Crippen LogP contribution in [-0.2, 0) is 5.54 Å². The standard InChI is InChI=1S/C47H42FN5O2S/c1-6-54-38-30-40(43(48)41(31-38)55-32(2)3)44(50-37-28-26-36(49-4)27-29-37)46-51-45(39-24-16-17-25-42(39)56-5)52-53(46)47(33-18-10-7-11-19-33,34-20-12-8-13-21-34)35-22-14-9-15-23-35/h7-32,44,50H,6H2,1-3,5H3. The van der Waals surface area contributed by atoms with E-state index in [0.717, 1.165) is 27.1 Å². The van der Waals surface area contributed by atoms with Crippen LogP contribution in [-0.4, -0.2) is 33.7 Å². The van der Waals surface area contributed by atoms with Crippen LogP contribution in [0.1, 0.15) is 54.9 Å². The Balaban J connectivity index is 1.64. The number of aromatic nitrogens is 3. The first-order chi connectivity index (χ1) is 27.4. The number of nitrogens with one attached hydrogen (secondary N) is 1. The lowest BCUT2D eigenvalue weighted by Gasteiger charge is -2.38. The molecule has 0 radical (unpaired) electrons. The van der Waals surface area contributed by atoms with E-state index in [1.807, 2.05) is 117 Å². The Morgan fingerprint density at radius 2 is 1.38 bits per heavy atom. The van der Waals surface area contributed by atoms with E-state index in [1.54, 1.807) is 36.0 Å². The molecule has 0 aliphatic rings. The molecule has 0 bridgehead atoms. The zero-order valence-corrected chi connectivity index (χ0v) is 32.5. The summed E-state index contributed by atoms with van der Waals surface area (Å²) in [6.45, 7) is 13.5. The Kier molecular flexibility index (Phi) is 11.5. The highest BCUT2D eigenvalue weighted by Crippen LogP contribution is 2.45. The van der Waals surface area contributed by atoms with Gasteiger partial charge in [-0.2, -0.15) is 0 Å². The van der Waals surface area contributed by atoms with Gasteiger partial charge in [0, 0.05) is 27.8 Å². The molecule has 0 aliphatic carbocycles. The first-order valence-electron chi connectivity index (χ1n) is 18.5. The van der Waals surface area contributed by atoms with Gasteiger partial charge in [-0.15, -0.1) is 16.9 Å². The van der Waals surface area contributed by atoms with Crippen LogP contribution in [0.3, 0.4) is 0 Å². The van der Waals surface area contributed by atoms with Gasteiger partial charge in [0.25, 0.3) is 0 Å². The maximum atomic E-state index is 17.3. The summed E-state index contributed by atoms with van der Waals surface area (Å²) in [5.74, 6) is 0.879. The van der Waals surface area contributed by atoms with Gasteiger partial charge in [0.1, 0.15) is 17.3 Å². The van der Waals surface area contributed by atoms with E-state index in [2.05, 4.69) is 52.6 Å². The van der Waals surface area contributed by atoms with Crippen LogP contribution in [0.4, 0.5) is 15.8 Å². The number of hydrogen-bond donors (Lipinski definition) is 1. The highest BCUT2D eigenvalue weighted by molar-refractivity contribution is 7.98. The van der Waals surface area contributed by atoms with Crippen molar-refractivity contribution in [3.05, 3.63) is 197 Å². The Hall–Kier alpha value is -6.37. The van der Waals surface area contributed by atoms with Crippen molar-refractivity contribution in [1.29, 1.82) is 0 Å². The highest BCUT2D eigenvalue weighted by Gasteiger charge is 2.44. The molecule has 1 heterocycles. The second kappa shape index (κ2) is 17.0. The minimum Gasteiger partial charge on any atom is -0.494 e. The van der Waals surface area contributed by atoms with Crippen molar-refractivity contribution in [2.75, 3.05) is 18.2 Å². The van der Waals surface area contributed by atoms with Gasteiger partial charge in [0.15, 0.2) is 28.9 Å². The number of hydrogen-bond acceptors (Lipinski definition) is 6. The van der Waals surface area contributed by atoms with Gasteiger partial charge in [-0.25, -0.2) is 18.9 Å². The average molecular weight is 760 g/mol. The molecule has 1 atom stereocenters. The average Bonchev–Trinajstić information content (AvgIpc) is 3.68. The predicted octanol–water partition coefficient (Wildman–Crippen LogP) is 11.6. The molecule has 1 N–H and O–H groups in total. The number of rotatable bonds is 14. The summed E-state index contributed by atoms with van der Waals surface area (Å²) in [5, 5.41) is 9.12. The van der Waals surface area contributed by atoms with E-state index in [1.165, 1.54) is 0 Å². The molecule has 0 aliphatic heterocycles. The monoisotopic (exact) mass is 759 g/mol. The van der Waals surface area contributed by atoms with Crippen LogP contribution in [0, 0.1) is 12.4 Å². The number of anilines is 1. The topological polar surface area (TPSA) is 65.6 Å². The second-order valence-electron chi connectivity index (χ2n) is 13.4. The molecular weight excluding hydrogens is 718 g/mol. The highest BCUT2D eigenvalue weighted by atomic mass is 32.2.